The van der Waals surface area contributed by atoms with Gasteiger partial charge in [-0.2, -0.15) is 5.10 Å². The molecule has 0 amide bonds. The third-order valence-corrected chi connectivity index (χ3v) is 5.32. The fourth-order valence-corrected chi connectivity index (χ4v) is 3.48. The lowest BCUT2D eigenvalue weighted by molar-refractivity contribution is 0.585. The van der Waals surface area contributed by atoms with Crippen LogP contribution in [0.4, 0.5) is 10.2 Å². The maximum Gasteiger partial charge on any atom is 0.263 e. The Morgan fingerprint density at radius 2 is 1.88 bits per heavy atom. The van der Waals surface area contributed by atoms with Gasteiger partial charge < -0.3 is 0 Å². The van der Waals surface area contributed by atoms with Gasteiger partial charge in [0.1, 0.15) is 5.82 Å². The molecule has 3 rings (SSSR count). The molecule has 0 aliphatic heterocycles. The molecule has 5 nitrogen and oxygen atoms in total. The maximum absolute atomic E-state index is 13.8. The van der Waals surface area contributed by atoms with E-state index in [-0.39, 0.29) is 22.3 Å². The van der Waals surface area contributed by atoms with Crippen molar-refractivity contribution >= 4 is 27.4 Å². The third kappa shape index (κ3) is 4.00. The minimum atomic E-state index is -3.73. The molecular weight excluding hydrogens is 365 g/mol. The molecule has 8 heteroatoms. The summed E-state index contributed by atoms with van der Waals surface area (Å²) in [5, 5.41) is 4.41. The lowest BCUT2D eigenvalue weighted by atomic mass is 10.2. The quantitative estimate of drug-likeness (QED) is 0.732. The molecule has 0 atom stereocenters. The monoisotopic (exact) mass is 379 g/mol. The molecule has 0 aliphatic rings. The van der Waals surface area contributed by atoms with E-state index in [0.29, 0.717) is 5.56 Å². The molecule has 0 unspecified atom stereocenters. The first-order valence-corrected chi connectivity index (χ1v) is 9.27. The second kappa shape index (κ2) is 6.85. The van der Waals surface area contributed by atoms with Crippen LogP contribution in [0.25, 0.3) is 0 Å². The molecule has 0 saturated carbocycles. The van der Waals surface area contributed by atoms with Crippen molar-refractivity contribution < 1.29 is 12.8 Å². The number of halogens is 2. The largest absolute Gasteiger partial charge is 0.266 e. The lowest BCUT2D eigenvalue weighted by Crippen LogP contribution is -2.14. The third-order valence-electron chi connectivity index (χ3n) is 3.59. The van der Waals surface area contributed by atoms with Gasteiger partial charge in [0.25, 0.3) is 10.0 Å². The Bertz CT molecular complexity index is 981. The molecule has 3 aromatic rings. The highest BCUT2D eigenvalue weighted by molar-refractivity contribution is 7.92. The molecule has 0 aliphatic carbocycles. The number of benzene rings is 2. The van der Waals surface area contributed by atoms with E-state index in [1.165, 1.54) is 35.0 Å². The molecule has 1 aromatic heterocycles. The van der Waals surface area contributed by atoms with E-state index < -0.39 is 15.8 Å². The number of rotatable bonds is 5. The second-order valence-corrected chi connectivity index (χ2v) is 7.61. The Balaban J connectivity index is 1.79. The van der Waals surface area contributed by atoms with Gasteiger partial charge in [0.05, 0.1) is 11.4 Å². The van der Waals surface area contributed by atoms with Crippen LogP contribution in [0.1, 0.15) is 11.1 Å². The first kappa shape index (κ1) is 17.4. The van der Waals surface area contributed by atoms with Crippen LogP contribution in [0.2, 0.25) is 5.02 Å². The second-order valence-electron chi connectivity index (χ2n) is 5.52. The van der Waals surface area contributed by atoms with Crippen LogP contribution < -0.4 is 4.72 Å². The van der Waals surface area contributed by atoms with Gasteiger partial charge in [-0.05, 0) is 31.2 Å². The predicted octanol–water partition coefficient (Wildman–Crippen LogP) is 3.83. The van der Waals surface area contributed by atoms with Crippen molar-refractivity contribution in [2.45, 2.75) is 18.4 Å². The number of aromatic nitrogens is 2. The van der Waals surface area contributed by atoms with Crippen molar-refractivity contribution in [1.82, 2.24) is 9.78 Å². The zero-order valence-electron chi connectivity index (χ0n) is 13.3. The highest BCUT2D eigenvalue weighted by Crippen LogP contribution is 2.21. The van der Waals surface area contributed by atoms with E-state index in [1.807, 2.05) is 6.92 Å². The van der Waals surface area contributed by atoms with Crippen molar-refractivity contribution in [3.63, 3.8) is 0 Å². The van der Waals surface area contributed by atoms with E-state index >= 15 is 0 Å². The highest BCUT2D eigenvalue weighted by atomic mass is 35.5. The Labute approximate surface area is 150 Å². The van der Waals surface area contributed by atoms with Crippen molar-refractivity contribution in [2.24, 2.45) is 0 Å². The molecule has 25 heavy (non-hydrogen) atoms. The summed E-state index contributed by atoms with van der Waals surface area (Å²) in [7, 11) is -3.73. The van der Waals surface area contributed by atoms with Crippen LogP contribution in [0.5, 0.6) is 0 Å². The number of aryl methyl sites for hydroxylation is 1. The van der Waals surface area contributed by atoms with Crippen LogP contribution in [-0.2, 0) is 16.6 Å². The summed E-state index contributed by atoms with van der Waals surface area (Å²) in [6.45, 7) is 1.97. The first-order chi connectivity index (χ1) is 11.8. The van der Waals surface area contributed by atoms with Gasteiger partial charge in [0, 0.05) is 22.8 Å². The molecule has 0 radical (unpaired) electrons. The van der Waals surface area contributed by atoms with Gasteiger partial charge >= 0.3 is 0 Å². The van der Waals surface area contributed by atoms with Gasteiger partial charge in [-0.25, -0.2) is 12.8 Å². The van der Waals surface area contributed by atoms with Crippen molar-refractivity contribution in [3.8, 4) is 0 Å². The highest BCUT2D eigenvalue weighted by Gasteiger charge is 2.16. The first-order valence-electron chi connectivity index (χ1n) is 7.41. The number of anilines is 1. The van der Waals surface area contributed by atoms with E-state index in [9.17, 15) is 12.8 Å². The molecule has 0 bridgehead atoms. The topological polar surface area (TPSA) is 64.0 Å². The predicted molar refractivity (Wildman–Crippen MR) is 94.7 cm³/mol. The van der Waals surface area contributed by atoms with Gasteiger partial charge in [-0.3, -0.25) is 9.40 Å². The summed E-state index contributed by atoms with van der Waals surface area (Å²) in [6.07, 6.45) is 1.55. The number of hydrogen-bond donors (Lipinski definition) is 1. The van der Waals surface area contributed by atoms with E-state index in [0.717, 1.165) is 5.56 Å². The average molecular weight is 380 g/mol. The average Bonchev–Trinajstić information content (AvgIpc) is 2.98. The lowest BCUT2D eigenvalue weighted by Gasteiger charge is -2.07. The SMILES string of the molecule is Cc1ccc(S(=O)(=O)Nc2ccn(Cc3c(F)cccc3Cl)n2)cc1. The summed E-state index contributed by atoms with van der Waals surface area (Å²) >= 11 is 5.99. The van der Waals surface area contributed by atoms with E-state index in [1.54, 1.807) is 24.4 Å². The summed E-state index contributed by atoms with van der Waals surface area (Å²) < 4.78 is 42.3. The minimum absolute atomic E-state index is 0.0950. The minimum Gasteiger partial charge on any atom is -0.266 e. The number of hydrogen-bond acceptors (Lipinski definition) is 3. The number of nitrogens with zero attached hydrogens (tertiary/aromatic N) is 2. The van der Waals surface area contributed by atoms with Gasteiger partial charge in [0.15, 0.2) is 5.82 Å². The molecule has 2 aromatic carbocycles. The standard InChI is InChI=1S/C17H15ClFN3O2S/c1-12-5-7-13(8-6-12)25(23,24)21-17-9-10-22(20-17)11-14-15(18)3-2-4-16(14)19/h2-10H,11H2,1H3,(H,20,21). The summed E-state index contributed by atoms with van der Waals surface area (Å²) in [5.74, 6) is -0.294. The summed E-state index contributed by atoms with van der Waals surface area (Å²) in [4.78, 5) is 0.143. The molecule has 130 valence electrons. The molecule has 0 fully saturated rings. The Morgan fingerprint density at radius 1 is 1.16 bits per heavy atom. The number of sulfonamides is 1. The fourth-order valence-electron chi connectivity index (χ4n) is 2.26. The van der Waals surface area contributed by atoms with Gasteiger partial charge in [-0.1, -0.05) is 35.4 Å². The molecule has 1 N–H and O–H groups in total. The molecular formula is C17H15ClFN3O2S. The summed E-state index contributed by atoms with van der Waals surface area (Å²) in [5.41, 5.74) is 1.25. The van der Waals surface area contributed by atoms with Gasteiger partial charge in [-0.15, -0.1) is 0 Å². The van der Waals surface area contributed by atoms with E-state index in [4.69, 9.17) is 11.6 Å². The van der Waals surface area contributed by atoms with Gasteiger partial charge in [0.2, 0.25) is 0 Å². The Morgan fingerprint density at radius 3 is 2.56 bits per heavy atom. The molecule has 1 heterocycles. The Kier molecular flexibility index (Phi) is 4.78. The van der Waals surface area contributed by atoms with Crippen LogP contribution in [0.3, 0.4) is 0 Å². The zero-order valence-corrected chi connectivity index (χ0v) is 14.9. The summed E-state index contributed by atoms with van der Waals surface area (Å²) in [6, 6.07) is 12.4. The van der Waals surface area contributed by atoms with Crippen molar-refractivity contribution in [2.75, 3.05) is 4.72 Å². The smallest absolute Gasteiger partial charge is 0.263 e. The van der Waals surface area contributed by atoms with Crippen LogP contribution in [-0.4, -0.2) is 18.2 Å². The zero-order chi connectivity index (χ0) is 18.0. The van der Waals surface area contributed by atoms with E-state index in [2.05, 4.69) is 9.82 Å². The fraction of sp³-hybridized carbons (Fsp3) is 0.118. The molecule has 0 spiro atoms. The maximum atomic E-state index is 13.8. The van der Waals surface area contributed by atoms with Crippen LogP contribution >= 0.6 is 11.6 Å². The number of nitrogens with one attached hydrogen (secondary N) is 1. The van der Waals surface area contributed by atoms with Crippen molar-refractivity contribution in [3.05, 3.63) is 76.7 Å². The molecule has 0 saturated heterocycles. The Hall–Kier alpha value is -2.38. The van der Waals surface area contributed by atoms with Crippen LogP contribution in [0, 0.1) is 12.7 Å². The normalized spacial score (nSPS) is 11.5. The van der Waals surface area contributed by atoms with Crippen LogP contribution in [0.15, 0.2) is 59.6 Å². The van der Waals surface area contributed by atoms with Crippen molar-refractivity contribution in [1.29, 1.82) is 0 Å².